The molecule has 2 heterocycles. The van der Waals surface area contributed by atoms with Crippen LogP contribution in [-0.4, -0.2) is 95.3 Å². The van der Waals surface area contributed by atoms with E-state index in [-0.39, 0.29) is 54.5 Å². The van der Waals surface area contributed by atoms with Gasteiger partial charge >= 0.3 is 0 Å². The van der Waals surface area contributed by atoms with Crippen molar-refractivity contribution in [3.05, 3.63) is 101 Å². The number of ether oxygens (including phenoxy) is 2. The van der Waals surface area contributed by atoms with E-state index in [1.807, 2.05) is 71.0 Å². The van der Waals surface area contributed by atoms with Gasteiger partial charge in [-0.2, -0.15) is 5.26 Å². The molecule has 2 fully saturated rings. The van der Waals surface area contributed by atoms with Crippen molar-refractivity contribution in [3.63, 3.8) is 0 Å². The first-order valence-electron chi connectivity index (χ1n) is 22.8. The predicted octanol–water partition coefficient (Wildman–Crippen LogP) is 7.37. The van der Waals surface area contributed by atoms with Gasteiger partial charge in [-0.15, -0.1) is 0 Å². The van der Waals surface area contributed by atoms with Crippen LogP contribution in [0.4, 0.5) is 5.69 Å². The van der Waals surface area contributed by atoms with Gasteiger partial charge in [0.25, 0.3) is 5.91 Å². The van der Waals surface area contributed by atoms with Crippen molar-refractivity contribution in [2.45, 2.75) is 118 Å². The molecule has 0 unspecified atom stereocenters. The summed E-state index contributed by atoms with van der Waals surface area (Å²) < 4.78 is 17.5. The molecule has 1 saturated carbocycles. The second kappa shape index (κ2) is 20.9. The molecule has 6 rings (SSSR count). The van der Waals surface area contributed by atoms with Crippen molar-refractivity contribution in [3.8, 4) is 23.1 Å². The molecule has 5 N–H and O–H groups in total. The van der Waals surface area contributed by atoms with Gasteiger partial charge in [0.1, 0.15) is 36.6 Å². The van der Waals surface area contributed by atoms with Gasteiger partial charge in [0.15, 0.2) is 12.2 Å². The lowest BCUT2D eigenvalue weighted by atomic mass is 9.49. The van der Waals surface area contributed by atoms with Crippen LogP contribution < -0.4 is 26.0 Å². The molecule has 67 heavy (non-hydrogen) atoms. The fourth-order valence-corrected chi connectivity index (χ4v) is 9.71. The Kier molecular flexibility index (Phi) is 15.8. The molecule has 16 heteroatoms. The molecule has 1 aliphatic heterocycles. The van der Waals surface area contributed by atoms with Gasteiger partial charge < -0.3 is 45.2 Å². The Morgan fingerprint density at radius 2 is 1.69 bits per heavy atom. The van der Waals surface area contributed by atoms with Crippen LogP contribution in [0.15, 0.2) is 77.5 Å². The third-order valence-electron chi connectivity index (χ3n) is 12.9. The number of likely N-dealkylation sites (tertiary alicyclic amines) is 1. The smallest absolute Gasteiger partial charge is 0.251 e. The molecule has 15 nitrogen and oxygen atoms in total. The van der Waals surface area contributed by atoms with E-state index in [0.717, 1.165) is 28.9 Å². The van der Waals surface area contributed by atoms with Crippen LogP contribution in [0.3, 0.4) is 0 Å². The topological polar surface area (TPSA) is 208 Å². The zero-order chi connectivity index (χ0) is 48.8. The minimum atomic E-state index is -0.971. The maximum atomic E-state index is 14.1. The summed E-state index contributed by atoms with van der Waals surface area (Å²) in [7, 11) is 0. The number of carbonyl (C=O) groups excluding carboxylic acids is 4. The molecule has 1 aliphatic carbocycles. The molecule has 358 valence electrons. The van der Waals surface area contributed by atoms with Gasteiger partial charge in [0.2, 0.25) is 17.7 Å². The molecule has 4 atom stereocenters. The highest BCUT2D eigenvalue weighted by Crippen LogP contribution is 2.55. The maximum absolute atomic E-state index is 14.1. The average Bonchev–Trinajstić information content (AvgIpc) is 3.90. The largest absolute Gasteiger partial charge is 0.489 e. The first-order valence-corrected chi connectivity index (χ1v) is 23.2. The molecule has 2 aliphatic rings. The van der Waals surface area contributed by atoms with Crippen LogP contribution >= 0.6 is 11.6 Å². The SMILES string of the molecule is Cc1ncoc1-c1ccc([C@H](C)NC(=O)[C@@H]2C[C@@H](O)CN2C(=O)[C@@H](NC(=O)COCCCCNc2ccc(C(=O)NC3C(C)(C)C(Oc4ccc(C#N)c(Cl)c4)C3(C)C)cc2)C(C)(C)C)cc1. The number of amides is 4. The number of aryl methyl sites for hydroxylation is 1. The van der Waals surface area contributed by atoms with E-state index in [1.165, 1.54) is 11.3 Å². The monoisotopic (exact) mass is 937 g/mol. The van der Waals surface area contributed by atoms with E-state index in [0.29, 0.717) is 47.2 Å². The summed E-state index contributed by atoms with van der Waals surface area (Å²) in [4.78, 5) is 59.7. The Hall–Kier alpha value is -5.95. The Morgan fingerprint density at radius 3 is 2.30 bits per heavy atom. The number of hydrogen-bond donors (Lipinski definition) is 5. The minimum Gasteiger partial charge on any atom is -0.489 e. The first-order chi connectivity index (χ1) is 31.6. The van der Waals surface area contributed by atoms with Gasteiger partial charge in [0.05, 0.1) is 28.4 Å². The summed E-state index contributed by atoms with van der Waals surface area (Å²) in [5, 5.41) is 32.6. The van der Waals surface area contributed by atoms with Crippen molar-refractivity contribution in [2.24, 2.45) is 16.2 Å². The summed E-state index contributed by atoms with van der Waals surface area (Å²) in [5.74, 6) is -0.230. The van der Waals surface area contributed by atoms with Gasteiger partial charge in [-0.05, 0) is 74.1 Å². The number of unbranched alkanes of at least 4 members (excludes halogenated alkanes) is 1. The lowest BCUT2D eigenvalue weighted by molar-refractivity contribution is -0.164. The molecule has 4 aromatic rings. The fraction of sp³-hybridized carbons (Fsp3) is 0.490. The van der Waals surface area contributed by atoms with Crippen LogP contribution in [0.25, 0.3) is 11.3 Å². The Bertz CT molecular complexity index is 2420. The van der Waals surface area contributed by atoms with Crippen LogP contribution in [0.2, 0.25) is 5.02 Å². The standard InChI is InChI=1S/C51H64ClN7O8/c1-30(32-12-14-33(15-13-32)42-31(2)55-29-66-42)56-45(63)40-24-37(60)27-59(40)46(64)43(49(3,4)5)57-41(61)28-65-23-11-10-22-54-36-19-16-34(17-20-36)44(62)58-47-50(6,7)48(51(47,8)9)67-38-21-18-35(26-53)39(52)25-38/h12-21,25,29-30,37,40,43,47-48,54,60H,10-11,22-24,27-28H2,1-9H3,(H,56,63)(H,57,61)(H,58,62)/t30-,37+,40-,43+,47?,48?/m0/s1. The van der Waals surface area contributed by atoms with E-state index in [2.05, 4.69) is 60.0 Å². The molecule has 0 radical (unpaired) electrons. The van der Waals surface area contributed by atoms with Crippen molar-refractivity contribution in [1.82, 2.24) is 25.8 Å². The van der Waals surface area contributed by atoms with Crippen molar-refractivity contribution in [1.29, 1.82) is 5.26 Å². The number of aliphatic hydroxyl groups excluding tert-OH is 1. The zero-order valence-electron chi connectivity index (χ0n) is 39.9. The second-order valence-corrected chi connectivity index (χ2v) is 20.4. The van der Waals surface area contributed by atoms with Gasteiger partial charge in [-0.3, -0.25) is 19.2 Å². The summed E-state index contributed by atoms with van der Waals surface area (Å²) in [5.41, 5.74) is 2.78. The van der Waals surface area contributed by atoms with E-state index in [9.17, 15) is 29.5 Å². The van der Waals surface area contributed by atoms with Crippen LogP contribution in [0.5, 0.6) is 5.75 Å². The zero-order valence-corrected chi connectivity index (χ0v) is 40.6. The lowest BCUT2D eigenvalue weighted by Crippen LogP contribution is -2.74. The molecular weight excluding hydrogens is 874 g/mol. The normalized spacial score (nSPS) is 20.4. The Morgan fingerprint density at radius 1 is 1.00 bits per heavy atom. The van der Waals surface area contributed by atoms with Crippen LogP contribution in [0.1, 0.15) is 108 Å². The number of rotatable bonds is 18. The number of carbonyl (C=O) groups is 4. The average molecular weight is 939 g/mol. The molecule has 1 saturated heterocycles. The highest BCUT2D eigenvalue weighted by atomic mass is 35.5. The Balaban J connectivity index is 0.906. The summed E-state index contributed by atoms with van der Waals surface area (Å²) in [6, 6.07) is 19.5. The van der Waals surface area contributed by atoms with E-state index in [1.54, 1.807) is 30.3 Å². The van der Waals surface area contributed by atoms with Crippen molar-refractivity contribution >= 4 is 40.9 Å². The fourth-order valence-electron chi connectivity index (χ4n) is 9.49. The number of nitriles is 1. The number of anilines is 1. The molecular formula is C51H64ClN7O8. The number of nitrogens with zero attached hydrogens (tertiary/aromatic N) is 3. The number of nitrogens with one attached hydrogen (secondary N) is 4. The number of β-amino-alcohol motifs (C(OH)–C–C–N with tert-alkyl or cyclic N) is 1. The molecule has 0 spiro atoms. The van der Waals surface area contributed by atoms with E-state index in [4.69, 9.17) is 25.5 Å². The third-order valence-corrected chi connectivity index (χ3v) is 13.2. The second-order valence-electron chi connectivity index (χ2n) is 19.9. The number of benzene rings is 3. The summed E-state index contributed by atoms with van der Waals surface area (Å²) in [6.45, 7) is 18.2. The van der Waals surface area contributed by atoms with Gasteiger partial charge in [-0.25, -0.2) is 4.98 Å². The number of oxazole rings is 1. The quantitative estimate of drug-likeness (QED) is 0.0623. The van der Waals surface area contributed by atoms with Crippen molar-refractivity contribution in [2.75, 3.05) is 31.6 Å². The van der Waals surface area contributed by atoms with Gasteiger partial charge in [-0.1, -0.05) is 84.3 Å². The van der Waals surface area contributed by atoms with Crippen LogP contribution in [0, 0.1) is 34.5 Å². The maximum Gasteiger partial charge on any atom is 0.251 e. The number of hydrogen-bond acceptors (Lipinski definition) is 11. The molecule has 1 aromatic heterocycles. The van der Waals surface area contributed by atoms with Crippen LogP contribution in [-0.2, 0) is 19.1 Å². The van der Waals surface area contributed by atoms with E-state index >= 15 is 0 Å². The predicted molar refractivity (Wildman–Crippen MR) is 255 cm³/mol. The lowest BCUT2D eigenvalue weighted by Gasteiger charge is -2.63. The third kappa shape index (κ3) is 11.8. The van der Waals surface area contributed by atoms with Crippen molar-refractivity contribution < 1.29 is 38.2 Å². The molecule has 3 aromatic carbocycles. The Labute approximate surface area is 398 Å². The summed E-state index contributed by atoms with van der Waals surface area (Å²) in [6.07, 6.45) is 1.80. The highest BCUT2D eigenvalue weighted by Gasteiger charge is 2.64. The minimum absolute atomic E-state index is 0.0302. The van der Waals surface area contributed by atoms with E-state index < -0.39 is 41.3 Å². The number of aromatic nitrogens is 1. The van der Waals surface area contributed by atoms with Gasteiger partial charge in [0, 0.05) is 65.9 Å². The first kappa shape index (κ1) is 50.5. The molecule has 0 bridgehead atoms. The summed E-state index contributed by atoms with van der Waals surface area (Å²) >= 11 is 6.24. The number of aliphatic hydroxyl groups is 1. The molecule has 4 amide bonds. The highest BCUT2D eigenvalue weighted by molar-refractivity contribution is 6.31. The number of halogens is 1.